The van der Waals surface area contributed by atoms with Crippen molar-refractivity contribution in [1.29, 1.82) is 0 Å². The van der Waals surface area contributed by atoms with Crippen molar-refractivity contribution in [2.45, 2.75) is 57.8 Å². The third-order valence-corrected chi connectivity index (χ3v) is 4.09. The van der Waals surface area contributed by atoms with Gasteiger partial charge in [0, 0.05) is 0 Å². The molecule has 114 valence electrons. The van der Waals surface area contributed by atoms with Crippen molar-refractivity contribution >= 4 is 17.0 Å². The van der Waals surface area contributed by atoms with Gasteiger partial charge in [0.2, 0.25) is 11.8 Å². The van der Waals surface area contributed by atoms with Crippen LogP contribution in [0.1, 0.15) is 58.3 Å². The van der Waals surface area contributed by atoms with Crippen molar-refractivity contribution in [1.82, 2.24) is 4.98 Å². The van der Waals surface area contributed by atoms with Crippen LogP contribution in [-0.4, -0.2) is 10.9 Å². The van der Waals surface area contributed by atoms with Gasteiger partial charge in [0.05, 0.1) is 0 Å². The van der Waals surface area contributed by atoms with E-state index < -0.39 is 5.41 Å². The van der Waals surface area contributed by atoms with Crippen molar-refractivity contribution in [3.8, 4) is 0 Å². The number of nitrogens with two attached hydrogens (primary N) is 1. The minimum Gasteiger partial charge on any atom is -0.440 e. The lowest BCUT2D eigenvalue weighted by Crippen LogP contribution is -2.41. The smallest absolute Gasteiger partial charge is 0.233 e. The average Bonchev–Trinajstić information content (AvgIpc) is 2.91. The molecule has 2 rings (SSSR count). The van der Waals surface area contributed by atoms with Crippen molar-refractivity contribution < 1.29 is 9.21 Å². The second-order valence-corrected chi connectivity index (χ2v) is 5.64. The lowest BCUT2D eigenvalue weighted by Gasteiger charge is -2.27. The molecule has 0 atom stereocenters. The molecule has 1 heterocycles. The molecule has 0 aliphatic carbocycles. The Balaban J connectivity index is 2.46. The molecule has 0 unspecified atom stereocenters. The first-order valence-electron chi connectivity index (χ1n) is 7.80. The van der Waals surface area contributed by atoms with Crippen molar-refractivity contribution in [2.24, 2.45) is 5.73 Å². The number of oxazole rings is 1. The molecule has 0 spiro atoms. The fourth-order valence-corrected chi connectivity index (χ4v) is 2.72. The summed E-state index contributed by atoms with van der Waals surface area (Å²) in [5.74, 6) is 0.161. The molecule has 2 aromatic rings. The highest BCUT2D eigenvalue weighted by Gasteiger charge is 2.42. The molecule has 21 heavy (non-hydrogen) atoms. The summed E-state index contributed by atoms with van der Waals surface area (Å²) in [5.41, 5.74) is 6.49. The van der Waals surface area contributed by atoms with E-state index in [-0.39, 0.29) is 5.91 Å². The molecule has 0 saturated carbocycles. The maximum Gasteiger partial charge on any atom is 0.233 e. The number of benzene rings is 1. The predicted molar refractivity (Wildman–Crippen MR) is 83.9 cm³/mol. The van der Waals surface area contributed by atoms with Gasteiger partial charge >= 0.3 is 0 Å². The quantitative estimate of drug-likeness (QED) is 0.800. The molecular formula is C17H24N2O2. The number of fused-ring (bicyclic) bond motifs is 1. The minimum absolute atomic E-state index is 0.323. The maximum absolute atomic E-state index is 12.2. The van der Waals surface area contributed by atoms with E-state index in [4.69, 9.17) is 10.2 Å². The van der Waals surface area contributed by atoms with Crippen LogP contribution in [-0.2, 0) is 10.2 Å². The number of nitrogens with zero attached hydrogens (tertiary/aromatic N) is 1. The van der Waals surface area contributed by atoms with E-state index in [1.54, 1.807) is 0 Å². The largest absolute Gasteiger partial charge is 0.440 e. The Hall–Kier alpha value is -1.84. The fraction of sp³-hybridized carbons (Fsp3) is 0.529. The number of para-hydroxylation sites is 2. The zero-order valence-corrected chi connectivity index (χ0v) is 12.9. The summed E-state index contributed by atoms with van der Waals surface area (Å²) in [6.45, 7) is 4.22. The Kier molecular flexibility index (Phi) is 4.99. The summed E-state index contributed by atoms with van der Waals surface area (Å²) in [7, 11) is 0. The molecule has 4 heteroatoms. The van der Waals surface area contributed by atoms with E-state index in [1.165, 1.54) is 0 Å². The van der Waals surface area contributed by atoms with Gasteiger partial charge in [0.15, 0.2) is 5.58 Å². The van der Waals surface area contributed by atoms with Gasteiger partial charge in [-0.25, -0.2) is 4.98 Å². The van der Waals surface area contributed by atoms with Gasteiger partial charge < -0.3 is 10.2 Å². The first-order chi connectivity index (χ1) is 10.1. The molecule has 0 bridgehead atoms. The molecule has 0 aliphatic heterocycles. The van der Waals surface area contributed by atoms with E-state index in [0.717, 1.165) is 31.2 Å². The van der Waals surface area contributed by atoms with Crippen LogP contribution in [0, 0.1) is 0 Å². The Morgan fingerprint density at radius 2 is 1.81 bits per heavy atom. The van der Waals surface area contributed by atoms with Gasteiger partial charge in [-0.2, -0.15) is 0 Å². The van der Waals surface area contributed by atoms with E-state index >= 15 is 0 Å². The normalized spacial score (nSPS) is 11.9. The van der Waals surface area contributed by atoms with Gasteiger partial charge in [0.25, 0.3) is 0 Å². The van der Waals surface area contributed by atoms with Crippen LogP contribution in [0.25, 0.3) is 11.1 Å². The first kappa shape index (κ1) is 15.5. The third kappa shape index (κ3) is 3.09. The van der Waals surface area contributed by atoms with Crippen LogP contribution in [0.5, 0.6) is 0 Å². The van der Waals surface area contributed by atoms with Crippen LogP contribution >= 0.6 is 0 Å². The Morgan fingerprint density at radius 3 is 2.33 bits per heavy atom. The number of hydrogen-bond acceptors (Lipinski definition) is 3. The number of primary amides is 1. The first-order valence-corrected chi connectivity index (χ1v) is 7.80. The monoisotopic (exact) mass is 288 g/mol. The number of rotatable bonds is 8. The van der Waals surface area contributed by atoms with Gasteiger partial charge in [-0.05, 0) is 25.0 Å². The van der Waals surface area contributed by atoms with Crippen LogP contribution in [0.3, 0.4) is 0 Å². The summed E-state index contributed by atoms with van der Waals surface area (Å²) in [6, 6.07) is 7.59. The highest BCUT2D eigenvalue weighted by molar-refractivity contribution is 5.86. The Bertz CT molecular complexity index is 563. The predicted octanol–water partition coefficient (Wildman–Crippen LogP) is 3.93. The van der Waals surface area contributed by atoms with Gasteiger partial charge in [-0.3, -0.25) is 4.79 Å². The zero-order valence-electron chi connectivity index (χ0n) is 12.9. The number of aromatic nitrogens is 1. The summed E-state index contributed by atoms with van der Waals surface area (Å²) >= 11 is 0. The molecule has 0 saturated heterocycles. The molecule has 4 nitrogen and oxygen atoms in total. The molecular weight excluding hydrogens is 264 g/mol. The van der Waals surface area contributed by atoms with E-state index in [1.807, 2.05) is 24.3 Å². The summed E-state index contributed by atoms with van der Waals surface area (Å²) in [5, 5.41) is 0. The molecule has 1 aromatic carbocycles. The van der Waals surface area contributed by atoms with Gasteiger partial charge in [-0.15, -0.1) is 0 Å². The van der Waals surface area contributed by atoms with Crippen LogP contribution in [0.15, 0.2) is 28.7 Å². The zero-order chi connectivity index (χ0) is 15.3. The summed E-state index contributed by atoms with van der Waals surface area (Å²) in [4.78, 5) is 16.8. The number of carbonyl (C=O) groups is 1. The second kappa shape index (κ2) is 6.74. The lowest BCUT2D eigenvalue weighted by atomic mass is 9.77. The minimum atomic E-state index is -0.773. The Morgan fingerprint density at radius 1 is 1.19 bits per heavy atom. The number of amides is 1. The third-order valence-electron chi connectivity index (χ3n) is 4.09. The second-order valence-electron chi connectivity index (χ2n) is 5.64. The molecule has 0 aliphatic rings. The maximum atomic E-state index is 12.2. The highest BCUT2D eigenvalue weighted by atomic mass is 16.4. The standard InChI is InChI=1S/C17H24N2O2/c1-3-5-11-17(15(18)20,12-6-4-2)16-19-13-9-7-8-10-14(13)21-16/h7-10H,3-6,11-12H2,1-2H3,(H2,18,20). The van der Waals surface area contributed by atoms with Crippen molar-refractivity contribution in [2.75, 3.05) is 0 Å². The summed E-state index contributed by atoms with van der Waals surface area (Å²) < 4.78 is 5.88. The van der Waals surface area contributed by atoms with Crippen LogP contribution in [0.4, 0.5) is 0 Å². The number of carbonyl (C=O) groups excluding carboxylic acids is 1. The van der Waals surface area contributed by atoms with E-state index in [9.17, 15) is 4.79 Å². The van der Waals surface area contributed by atoms with Crippen LogP contribution in [0.2, 0.25) is 0 Å². The SMILES string of the molecule is CCCCC(CCCC)(C(N)=O)c1nc2ccccc2o1. The molecule has 1 aromatic heterocycles. The summed E-state index contributed by atoms with van der Waals surface area (Å²) in [6.07, 6.45) is 5.30. The number of hydrogen-bond donors (Lipinski definition) is 1. The van der Waals surface area contributed by atoms with Gasteiger partial charge in [-0.1, -0.05) is 51.7 Å². The molecule has 0 radical (unpaired) electrons. The topological polar surface area (TPSA) is 69.1 Å². The van der Waals surface area contributed by atoms with Gasteiger partial charge in [0.1, 0.15) is 10.9 Å². The van der Waals surface area contributed by atoms with E-state index in [0.29, 0.717) is 24.3 Å². The Labute approximate surface area is 125 Å². The lowest BCUT2D eigenvalue weighted by molar-refractivity contribution is -0.125. The van der Waals surface area contributed by atoms with Crippen molar-refractivity contribution in [3.05, 3.63) is 30.2 Å². The highest BCUT2D eigenvalue weighted by Crippen LogP contribution is 2.36. The fourth-order valence-electron chi connectivity index (χ4n) is 2.72. The average molecular weight is 288 g/mol. The van der Waals surface area contributed by atoms with Crippen LogP contribution < -0.4 is 5.73 Å². The molecule has 1 amide bonds. The number of unbranched alkanes of at least 4 members (excludes halogenated alkanes) is 2. The van der Waals surface area contributed by atoms with Crippen molar-refractivity contribution in [3.63, 3.8) is 0 Å². The van der Waals surface area contributed by atoms with E-state index in [2.05, 4.69) is 18.8 Å². The molecule has 2 N–H and O–H groups in total. The molecule has 0 fully saturated rings.